The van der Waals surface area contributed by atoms with Crippen molar-refractivity contribution in [1.82, 2.24) is 15.1 Å². The lowest BCUT2D eigenvalue weighted by Crippen LogP contribution is -2.52. The molecule has 0 spiro atoms. The van der Waals surface area contributed by atoms with E-state index in [1.807, 2.05) is 11.0 Å². The molecule has 4 nitrogen and oxygen atoms in total. The Balaban J connectivity index is 1.33. The predicted molar refractivity (Wildman–Crippen MR) is 103 cm³/mol. The summed E-state index contributed by atoms with van der Waals surface area (Å²) in [5.74, 6) is -0.205. The Labute approximate surface area is 156 Å². The van der Waals surface area contributed by atoms with Gasteiger partial charge in [0, 0.05) is 39.3 Å². The van der Waals surface area contributed by atoms with Crippen molar-refractivity contribution in [2.75, 3.05) is 39.3 Å². The summed E-state index contributed by atoms with van der Waals surface area (Å²) in [5, 5.41) is 2.92. The average Bonchev–Trinajstić information content (AvgIpc) is 2.69. The third-order valence-electron chi connectivity index (χ3n) is 5.42. The highest BCUT2D eigenvalue weighted by Gasteiger charge is 2.20. The van der Waals surface area contributed by atoms with Gasteiger partial charge in [0.1, 0.15) is 5.82 Å². The van der Waals surface area contributed by atoms with Crippen LogP contribution in [-0.4, -0.2) is 55.1 Å². The molecule has 1 aromatic carbocycles. The Morgan fingerprint density at radius 1 is 1.08 bits per heavy atom. The van der Waals surface area contributed by atoms with Gasteiger partial charge in [-0.2, -0.15) is 0 Å². The summed E-state index contributed by atoms with van der Waals surface area (Å²) in [6.45, 7) is 4.99. The van der Waals surface area contributed by atoms with E-state index in [2.05, 4.69) is 16.3 Å². The summed E-state index contributed by atoms with van der Waals surface area (Å²) in [6.07, 6.45) is 9.31. The molecule has 2 amide bonds. The number of carbonyl (C=O) groups excluding carboxylic acids is 1. The zero-order valence-electron chi connectivity index (χ0n) is 15.6. The molecule has 1 N–H and O–H groups in total. The van der Waals surface area contributed by atoms with Gasteiger partial charge < -0.3 is 10.2 Å². The lowest BCUT2D eigenvalue weighted by molar-refractivity contribution is 0.140. The minimum Gasteiger partial charge on any atom is -0.338 e. The topological polar surface area (TPSA) is 35.6 Å². The first-order valence-corrected chi connectivity index (χ1v) is 9.89. The van der Waals surface area contributed by atoms with Gasteiger partial charge in [-0.3, -0.25) is 4.90 Å². The summed E-state index contributed by atoms with van der Waals surface area (Å²) in [5.41, 5.74) is 2.26. The van der Waals surface area contributed by atoms with Crippen molar-refractivity contribution in [2.45, 2.75) is 38.5 Å². The molecule has 0 bridgehead atoms. The Morgan fingerprint density at radius 2 is 1.88 bits per heavy atom. The highest BCUT2D eigenvalue weighted by atomic mass is 19.1. The molecule has 2 aliphatic rings. The number of hydrogen-bond donors (Lipinski definition) is 1. The van der Waals surface area contributed by atoms with Crippen molar-refractivity contribution >= 4 is 6.03 Å². The lowest BCUT2D eigenvalue weighted by atomic mass is 9.97. The van der Waals surface area contributed by atoms with Crippen LogP contribution in [0.3, 0.4) is 0 Å². The number of amides is 2. The smallest absolute Gasteiger partial charge is 0.317 e. The molecule has 1 aromatic rings. The van der Waals surface area contributed by atoms with Gasteiger partial charge in [0.2, 0.25) is 0 Å². The van der Waals surface area contributed by atoms with Gasteiger partial charge >= 0.3 is 6.03 Å². The molecule has 1 heterocycles. The van der Waals surface area contributed by atoms with E-state index in [0.717, 1.165) is 32.7 Å². The third-order valence-corrected chi connectivity index (χ3v) is 5.42. The zero-order valence-corrected chi connectivity index (χ0v) is 15.6. The highest BCUT2D eigenvalue weighted by Crippen LogP contribution is 2.20. The number of benzene rings is 1. The molecule has 26 heavy (non-hydrogen) atoms. The molecule has 0 unspecified atom stereocenters. The number of urea groups is 1. The van der Waals surface area contributed by atoms with Crippen LogP contribution in [0.1, 0.15) is 37.7 Å². The number of piperazine rings is 1. The van der Waals surface area contributed by atoms with Crippen LogP contribution >= 0.6 is 0 Å². The quantitative estimate of drug-likeness (QED) is 0.788. The summed E-state index contributed by atoms with van der Waals surface area (Å²) in [6, 6.07) is 6.70. The zero-order chi connectivity index (χ0) is 18.2. The first-order chi connectivity index (χ1) is 12.7. The second kappa shape index (κ2) is 9.72. The SMILES string of the molecule is O=C(NCCc1ccccc1F)N1CCN(CCC2=CCCCC2)CC1. The molecule has 5 heteroatoms. The maximum atomic E-state index is 13.6. The largest absolute Gasteiger partial charge is 0.338 e. The van der Waals surface area contributed by atoms with Crippen molar-refractivity contribution in [3.63, 3.8) is 0 Å². The van der Waals surface area contributed by atoms with Crippen LogP contribution in [0, 0.1) is 5.82 Å². The second-order valence-electron chi connectivity index (χ2n) is 7.26. The Kier molecular flexibility index (Phi) is 7.06. The minimum atomic E-state index is -0.205. The molecule has 3 rings (SSSR count). The number of carbonyl (C=O) groups is 1. The van der Waals surface area contributed by atoms with Crippen molar-refractivity contribution in [2.24, 2.45) is 0 Å². The fourth-order valence-electron chi connectivity index (χ4n) is 3.73. The molecule has 0 saturated carbocycles. The van der Waals surface area contributed by atoms with Gasteiger partial charge in [0.15, 0.2) is 0 Å². The first kappa shape index (κ1) is 18.9. The van der Waals surface area contributed by atoms with Crippen LogP contribution in [0.15, 0.2) is 35.9 Å². The van der Waals surface area contributed by atoms with Gasteiger partial charge in [-0.25, -0.2) is 9.18 Å². The van der Waals surface area contributed by atoms with Crippen molar-refractivity contribution < 1.29 is 9.18 Å². The number of nitrogens with one attached hydrogen (secondary N) is 1. The van der Waals surface area contributed by atoms with E-state index < -0.39 is 0 Å². The molecule has 0 radical (unpaired) electrons. The molecule has 0 aromatic heterocycles. The maximum Gasteiger partial charge on any atom is 0.317 e. The fourth-order valence-corrected chi connectivity index (χ4v) is 3.73. The summed E-state index contributed by atoms with van der Waals surface area (Å²) in [7, 11) is 0. The molecular weight excluding hydrogens is 329 g/mol. The van der Waals surface area contributed by atoms with Crippen LogP contribution < -0.4 is 5.32 Å². The van der Waals surface area contributed by atoms with Crippen LogP contribution in [0.4, 0.5) is 9.18 Å². The fraction of sp³-hybridized carbons (Fsp3) is 0.571. The maximum absolute atomic E-state index is 13.6. The number of nitrogens with zero attached hydrogens (tertiary/aromatic N) is 2. The van der Waals surface area contributed by atoms with Gasteiger partial charge in [-0.1, -0.05) is 29.8 Å². The molecular formula is C21H30FN3O. The van der Waals surface area contributed by atoms with Crippen LogP contribution in [0.5, 0.6) is 0 Å². The van der Waals surface area contributed by atoms with Crippen LogP contribution in [0.2, 0.25) is 0 Å². The molecule has 1 saturated heterocycles. The molecule has 142 valence electrons. The number of halogens is 1. The van der Waals surface area contributed by atoms with Crippen LogP contribution in [0.25, 0.3) is 0 Å². The number of allylic oxidation sites excluding steroid dienone is 1. The minimum absolute atomic E-state index is 0.0315. The van der Waals surface area contributed by atoms with E-state index in [0.29, 0.717) is 18.5 Å². The van der Waals surface area contributed by atoms with Gasteiger partial charge in [0.05, 0.1) is 0 Å². The predicted octanol–water partition coefficient (Wildman–Crippen LogP) is 3.59. The van der Waals surface area contributed by atoms with Crippen molar-refractivity contribution in [3.8, 4) is 0 Å². The van der Waals surface area contributed by atoms with Gasteiger partial charge in [0.25, 0.3) is 0 Å². The lowest BCUT2D eigenvalue weighted by Gasteiger charge is -2.35. The number of hydrogen-bond acceptors (Lipinski definition) is 2. The van der Waals surface area contributed by atoms with Crippen molar-refractivity contribution in [3.05, 3.63) is 47.3 Å². The molecule has 1 fully saturated rings. The van der Waals surface area contributed by atoms with Gasteiger partial charge in [-0.15, -0.1) is 0 Å². The van der Waals surface area contributed by atoms with E-state index in [9.17, 15) is 9.18 Å². The summed E-state index contributed by atoms with van der Waals surface area (Å²) >= 11 is 0. The summed E-state index contributed by atoms with van der Waals surface area (Å²) in [4.78, 5) is 16.6. The van der Waals surface area contributed by atoms with E-state index in [-0.39, 0.29) is 11.8 Å². The third kappa shape index (κ3) is 5.56. The molecule has 1 aliphatic heterocycles. The van der Waals surface area contributed by atoms with Crippen LogP contribution in [-0.2, 0) is 6.42 Å². The van der Waals surface area contributed by atoms with E-state index in [1.165, 1.54) is 38.2 Å². The van der Waals surface area contributed by atoms with Crippen molar-refractivity contribution in [1.29, 1.82) is 0 Å². The second-order valence-corrected chi connectivity index (χ2v) is 7.26. The van der Waals surface area contributed by atoms with E-state index in [1.54, 1.807) is 17.7 Å². The number of rotatable bonds is 6. The Morgan fingerprint density at radius 3 is 2.62 bits per heavy atom. The standard InChI is InChI=1S/C21H30FN3O/c22-20-9-5-4-8-19(20)10-12-23-21(26)25-16-14-24(15-17-25)13-11-18-6-2-1-3-7-18/h4-6,8-9H,1-3,7,10-17H2,(H,23,26). The Bertz CT molecular complexity index is 623. The van der Waals surface area contributed by atoms with E-state index >= 15 is 0 Å². The summed E-state index contributed by atoms with van der Waals surface area (Å²) < 4.78 is 13.6. The normalized spacial score (nSPS) is 18.5. The van der Waals surface area contributed by atoms with Gasteiger partial charge in [-0.05, 0) is 50.2 Å². The first-order valence-electron chi connectivity index (χ1n) is 9.89. The Hall–Kier alpha value is -1.88. The highest BCUT2D eigenvalue weighted by molar-refractivity contribution is 5.74. The van der Waals surface area contributed by atoms with E-state index in [4.69, 9.17) is 0 Å². The average molecular weight is 359 g/mol. The molecule has 0 atom stereocenters. The monoisotopic (exact) mass is 359 g/mol. The molecule has 1 aliphatic carbocycles.